The lowest BCUT2D eigenvalue weighted by molar-refractivity contribution is -0.111. The summed E-state index contributed by atoms with van der Waals surface area (Å²) in [6.45, 7) is 6.00. The lowest BCUT2D eigenvalue weighted by atomic mass is 10.1. The number of amides is 1. The van der Waals surface area contributed by atoms with Crippen molar-refractivity contribution < 1.29 is 13.9 Å². The Morgan fingerprint density at radius 2 is 1.88 bits per heavy atom. The van der Waals surface area contributed by atoms with Crippen LogP contribution in [-0.2, 0) is 4.79 Å². The molecule has 0 saturated carbocycles. The van der Waals surface area contributed by atoms with Crippen LogP contribution in [0.4, 0.5) is 5.69 Å². The van der Waals surface area contributed by atoms with Crippen LogP contribution in [0.2, 0.25) is 0 Å². The van der Waals surface area contributed by atoms with Gasteiger partial charge in [-0.25, -0.2) is 4.98 Å². The van der Waals surface area contributed by atoms with Crippen molar-refractivity contribution >= 4 is 44.7 Å². The zero-order valence-electron chi connectivity index (χ0n) is 18.3. The third kappa shape index (κ3) is 4.60. The van der Waals surface area contributed by atoms with Gasteiger partial charge in [0.25, 0.3) is 0 Å². The lowest BCUT2D eigenvalue weighted by Gasteiger charge is -2.08. The molecular formula is C26H23BrN2O3. The van der Waals surface area contributed by atoms with Crippen molar-refractivity contribution in [2.24, 2.45) is 0 Å². The fraction of sp³-hybridized carbons (Fsp3) is 0.154. The summed E-state index contributed by atoms with van der Waals surface area (Å²) in [6, 6.07) is 15.5. The van der Waals surface area contributed by atoms with Crippen molar-refractivity contribution in [2.75, 3.05) is 12.4 Å². The second-order valence-corrected chi connectivity index (χ2v) is 8.60. The summed E-state index contributed by atoms with van der Waals surface area (Å²) in [6.07, 6.45) is 3.21. The number of anilines is 1. The van der Waals surface area contributed by atoms with Gasteiger partial charge in [-0.05, 0) is 79.9 Å². The maximum Gasteiger partial charge on any atom is 0.248 e. The number of carbonyl (C=O) groups excluding carboxylic acids is 1. The zero-order valence-corrected chi connectivity index (χ0v) is 19.9. The molecule has 0 unspecified atom stereocenters. The van der Waals surface area contributed by atoms with Crippen molar-refractivity contribution in [3.8, 4) is 17.2 Å². The first-order chi connectivity index (χ1) is 15.3. The predicted molar refractivity (Wildman–Crippen MR) is 132 cm³/mol. The number of nitrogens with one attached hydrogen (secondary N) is 1. The van der Waals surface area contributed by atoms with Crippen LogP contribution in [0.3, 0.4) is 0 Å². The largest absolute Gasteiger partial charge is 0.496 e. The molecule has 1 heterocycles. The molecule has 0 aliphatic carbocycles. The lowest BCUT2D eigenvalue weighted by Crippen LogP contribution is -2.09. The van der Waals surface area contributed by atoms with Crippen LogP contribution in [0.1, 0.15) is 22.3 Å². The van der Waals surface area contributed by atoms with Gasteiger partial charge in [0, 0.05) is 27.4 Å². The molecule has 0 atom stereocenters. The Bertz CT molecular complexity index is 1350. The number of benzene rings is 3. The number of methoxy groups -OCH3 is 1. The molecule has 0 spiro atoms. The van der Waals surface area contributed by atoms with Crippen molar-refractivity contribution in [3.63, 3.8) is 0 Å². The minimum atomic E-state index is -0.240. The quantitative estimate of drug-likeness (QED) is 0.311. The Balaban J connectivity index is 1.59. The standard InChI is InChI=1S/C26H23BrN2O3/c1-15-11-17(3)25-22(12-15)29-26(32-25)19-6-5-16(2)21(14-19)28-24(30)10-7-18-13-20(27)8-9-23(18)31-4/h5-14H,1-4H3,(H,28,30)/b10-7+. The molecule has 4 aromatic rings. The Hall–Kier alpha value is -3.38. The number of fused-ring (bicyclic) bond motifs is 1. The van der Waals surface area contributed by atoms with E-state index in [-0.39, 0.29) is 5.91 Å². The summed E-state index contributed by atoms with van der Waals surface area (Å²) in [5, 5.41) is 2.95. The summed E-state index contributed by atoms with van der Waals surface area (Å²) in [7, 11) is 1.60. The summed E-state index contributed by atoms with van der Waals surface area (Å²) in [4.78, 5) is 17.3. The monoisotopic (exact) mass is 490 g/mol. The van der Waals surface area contributed by atoms with Crippen molar-refractivity contribution in [1.82, 2.24) is 4.98 Å². The first-order valence-electron chi connectivity index (χ1n) is 10.2. The fourth-order valence-electron chi connectivity index (χ4n) is 3.57. The molecule has 0 aliphatic rings. The van der Waals surface area contributed by atoms with Crippen LogP contribution in [0, 0.1) is 20.8 Å². The second-order valence-electron chi connectivity index (χ2n) is 7.69. The molecule has 32 heavy (non-hydrogen) atoms. The number of ether oxygens (including phenoxy) is 1. The first kappa shape index (κ1) is 21.8. The van der Waals surface area contributed by atoms with E-state index >= 15 is 0 Å². The van der Waals surface area contributed by atoms with E-state index in [9.17, 15) is 4.79 Å². The van der Waals surface area contributed by atoms with Gasteiger partial charge in [-0.15, -0.1) is 0 Å². The molecule has 1 N–H and O–H groups in total. The van der Waals surface area contributed by atoms with E-state index in [0.29, 0.717) is 17.3 Å². The van der Waals surface area contributed by atoms with Gasteiger partial charge in [-0.2, -0.15) is 0 Å². The van der Waals surface area contributed by atoms with Gasteiger partial charge >= 0.3 is 0 Å². The molecule has 0 saturated heterocycles. The number of carbonyl (C=O) groups is 1. The van der Waals surface area contributed by atoms with E-state index in [0.717, 1.165) is 43.4 Å². The molecule has 162 valence electrons. The van der Waals surface area contributed by atoms with E-state index in [1.807, 2.05) is 63.2 Å². The average Bonchev–Trinajstić information content (AvgIpc) is 3.18. The van der Waals surface area contributed by atoms with Crippen LogP contribution >= 0.6 is 15.9 Å². The maximum atomic E-state index is 12.6. The van der Waals surface area contributed by atoms with Gasteiger partial charge in [-0.1, -0.05) is 28.1 Å². The van der Waals surface area contributed by atoms with Gasteiger partial charge in [0.1, 0.15) is 11.3 Å². The molecule has 5 nitrogen and oxygen atoms in total. The smallest absolute Gasteiger partial charge is 0.248 e. The van der Waals surface area contributed by atoms with Crippen LogP contribution < -0.4 is 10.1 Å². The SMILES string of the molecule is COc1ccc(Br)cc1/C=C/C(=O)Nc1cc(-c2nc3cc(C)cc(C)c3o2)ccc1C. The van der Waals surface area contributed by atoms with Crippen LogP contribution in [0.25, 0.3) is 28.6 Å². The number of nitrogens with zero attached hydrogens (tertiary/aromatic N) is 1. The van der Waals surface area contributed by atoms with Gasteiger partial charge in [0.05, 0.1) is 7.11 Å². The minimum absolute atomic E-state index is 0.240. The molecule has 4 rings (SSSR count). The maximum absolute atomic E-state index is 12.6. The number of halogens is 1. The van der Waals surface area contributed by atoms with Crippen molar-refractivity contribution in [1.29, 1.82) is 0 Å². The third-order valence-corrected chi connectivity index (χ3v) is 5.66. The molecule has 3 aromatic carbocycles. The van der Waals surface area contributed by atoms with Crippen molar-refractivity contribution in [2.45, 2.75) is 20.8 Å². The molecule has 6 heteroatoms. The predicted octanol–water partition coefficient (Wildman–Crippen LogP) is 6.84. The second kappa shape index (κ2) is 9.01. The van der Waals surface area contributed by atoms with E-state index in [1.165, 1.54) is 6.08 Å². The molecular weight excluding hydrogens is 468 g/mol. The Morgan fingerprint density at radius 1 is 1.06 bits per heavy atom. The normalized spacial score (nSPS) is 11.3. The van der Waals surface area contributed by atoms with Crippen LogP contribution in [0.15, 0.2) is 63.5 Å². The highest BCUT2D eigenvalue weighted by atomic mass is 79.9. The summed E-state index contributed by atoms with van der Waals surface area (Å²) in [5.74, 6) is 0.979. The van der Waals surface area contributed by atoms with E-state index in [1.54, 1.807) is 13.2 Å². The number of aromatic nitrogens is 1. The Labute approximate surface area is 195 Å². The Kier molecular flexibility index (Phi) is 6.15. The van der Waals surface area contributed by atoms with Gasteiger partial charge in [0.2, 0.25) is 11.8 Å². The van der Waals surface area contributed by atoms with Gasteiger partial charge in [-0.3, -0.25) is 4.79 Å². The van der Waals surface area contributed by atoms with Crippen LogP contribution in [-0.4, -0.2) is 18.0 Å². The number of hydrogen-bond donors (Lipinski definition) is 1. The molecule has 0 bridgehead atoms. The highest BCUT2D eigenvalue weighted by Crippen LogP contribution is 2.30. The molecule has 1 aromatic heterocycles. The fourth-order valence-corrected chi connectivity index (χ4v) is 3.94. The highest BCUT2D eigenvalue weighted by Gasteiger charge is 2.13. The molecule has 1 amide bonds. The first-order valence-corrected chi connectivity index (χ1v) is 10.9. The number of rotatable bonds is 5. The van der Waals surface area contributed by atoms with Crippen molar-refractivity contribution in [3.05, 3.63) is 81.3 Å². The van der Waals surface area contributed by atoms with E-state index < -0.39 is 0 Å². The zero-order chi connectivity index (χ0) is 22.8. The summed E-state index contributed by atoms with van der Waals surface area (Å²) >= 11 is 3.44. The third-order valence-electron chi connectivity index (χ3n) is 5.17. The summed E-state index contributed by atoms with van der Waals surface area (Å²) in [5.41, 5.74) is 7.05. The van der Waals surface area contributed by atoms with E-state index in [4.69, 9.17) is 9.15 Å². The van der Waals surface area contributed by atoms with Crippen LogP contribution in [0.5, 0.6) is 5.75 Å². The minimum Gasteiger partial charge on any atom is -0.496 e. The molecule has 0 radical (unpaired) electrons. The number of oxazole rings is 1. The van der Waals surface area contributed by atoms with E-state index in [2.05, 4.69) is 32.3 Å². The number of hydrogen-bond acceptors (Lipinski definition) is 4. The molecule has 0 aliphatic heterocycles. The topological polar surface area (TPSA) is 64.4 Å². The highest BCUT2D eigenvalue weighted by molar-refractivity contribution is 9.10. The Morgan fingerprint density at radius 3 is 2.66 bits per heavy atom. The average molecular weight is 491 g/mol. The summed E-state index contributed by atoms with van der Waals surface area (Å²) < 4.78 is 12.3. The van der Waals surface area contributed by atoms with Gasteiger partial charge in [0.15, 0.2) is 5.58 Å². The number of aryl methyl sites for hydroxylation is 3. The molecule has 0 fully saturated rings. The van der Waals surface area contributed by atoms with Gasteiger partial charge < -0.3 is 14.5 Å².